The molecule has 0 aliphatic heterocycles. The number of amides is 1. The fourth-order valence-electron chi connectivity index (χ4n) is 2.81. The van der Waals surface area contributed by atoms with Gasteiger partial charge >= 0.3 is 0 Å². The van der Waals surface area contributed by atoms with Crippen molar-refractivity contribution >= 4 is 23.9 Å². The highest BCUT2D eigenvalue weighted by Gasteiger charge is 2.07. The maximum atomic E-state index is 12.5. The van der Waals surface area contributed by atoms with Crippen LogP contribution in [0.4, 0.5) is 5.95 Å². The van der Waals surface area contributed by atoms with E-state index in [0.29, 0.717) is 24.9 Å². The molecule has 0 bridgehead atoms. The number of H-pyrrole nitrogens is 1. The Balaban J connectivity index is 1.72. The number of hydrogen-bond acceptors (Lipinski definition) is 5. The number of aliphatic imine (C=N–C) groups is 1. The highest BCUT2D eigenvalue weighted by molar-refractivity contribution is 6.08. The second-order valence-electron chi connectivity index (χ2n) is 6.84. The molecule has 8 heteroatoms. The van der Waals surface area contributed by atoms with Crippen LogP contribution in [-0.4, -0.2) is 38.3 Å². The summed E-state index contributed by atoms with van der Waals surface area (Å²) < 4.78 is 0. The van der Waals surface area contributed by atoms with Gasteiger partial charge in [0, 0.05) is 42.3 Å². The molecule has 0 unspecified atom stereocenters. The number of anilines is 1. The molecule has 3 N–H and O–H groups in total. The van der Waals surface area contributed by atoms with E-state index in [2.05, 4.69) is 35.6 Å². The van der Waals surface area contributed by atoms with E-state index in [-0.39, 0.29) is 5.91 Å². The molecule has 0 aliphatic carbocycles. The molecule has 0 saturated carbocycles. The first kappa shape index (κ1) is 20.9. The third kappa shape index (κ3) is 6.37. The van der Waals surface area contributed by atoms with Gasteiger partial charge in [0.15, 0.2) is 0 Å². The molecule has 30 heavy (non-hydrogen) atoms. The summed E-state index contributed by atoms with van der Waals surface area (Å²) in [6.07, 6.45) is 7.30. The minimum Gasteiger partial charge on any atom is -0.348 e. The lowest BCUT2D eigenvalue weighted by atomic mass is 10.1. The Morgan fingerprint density at radius 2 is 1.93 bits per heavy atom. The number of carbonyl (C=O) groups is 1. The fraction of sp³-hybridized carbons (Fsp3) is 0.227. The third-order valence-electron chi connectivity index (χ3n) is 4.26. The zero-order chi connectivity index (χ0) is 21.3. The van der Waals surface area contributed by atoms with Gasteiger partial charge in [-0.05, 0) is 44.0 Å². The number of nitrogens with one attached hydrogen (secondary N) is 3. The van der Waals surface area contributed by atoms with E-state index in [1.807, 2.05) is 51.1 Å². The van der Waals surface area contributed by atoms with Crippen LogP contribution in [0.2, 0.25) is 0 Å². The minimum atomic E-state index is -0.296. The van der Waals surface area contributed by atoms with E-state index >= 15 is 0 Å². The monoisotopic (exact) mass is 403 g/mol. The molecule has 0 fully saturated rings. The Morgan fingerprint density at radius 1 is 1.17 bits per heavy atom. The molecule has 1 amide bonds. The van der Waals surface area contributed by atoms with Crippen molar-refractivity contribution in [3.05, 3.63) is 77.1 Å². The normalized spacial score (nSPS) is 11.6. The van der Waals surface area contributed by atoms with Crippen LogP contribution < -0.4 is 10.6 Å². The molecule has 154 valence electrons. The van der Waals surface area contributed by atoms with Gasteiger partial charge in [-0.25, -0.2) is 15.0 Å². The smallest absolute Gasteiger partial charge is 0.250 e. The molecular weight excluding hydrogens is 378 g/mol. The number of aryl methyl sites for hydroxylation is 3. The molecule has 2 aromatic heterocycles. The van der Waals surface area contributed by atoms with Gasteiger partial charge < -0.3 is 4.98 Å². The van der Waals surface area contributed by atoms with Gasteiger partial charge in [0.2, 0.25) is 11.9 Å². The second kappa shape index (κ2) is 10.1. The first-order valence-corrected chi connectivity index (χ1v) is 9.65. The Hall–Kier alpha value is -3.81. The van der Waals surface area contributed by atoms with Crippen molar-refractivity contribution < 1.29 is 4.79 Å². The van der Waals surface area contributed by atoms with Crippen LogP contribution in [0.25, 0.3) is 6.08 Å². The van der Waals surface area contributed by atoms with Gasteiger partial charge in [-0.3, -0.25) is 20.4 Å². The number of carbonyl (C=O) groups excluding carboxylic acids is 1. The standard InChI is InChI=1S/C22H25N7O/c1-15-6-4-5-7-18(15)8-9-20(30)28-21(24-11-10-19-13-23-14-25-19)29-22-26-16(2)12-17(3)27-22/h4-9,12-14H,10-11H2,1-3H3,(H,23,25)(H2,24,26,27,28,29,30)/b9-8+. The molecule has 1 aromatic carbocycles. The highest BCUT2D eigenvalue weighted by Crippen LogP contribution is 2.08. The zero-order valence-corrected chi connectivity index (χ0v) is 17.3. The average molecular weight is 403 g/mol. The van der Waals surface area contributed by atoms with E-state index in [1.165, 1.54) is 6.08 Å². The summed E-state index contributed by atoms with van der Waals surface area (Å²) in [5.41, 5.74) is 4.69. The Kier molecular flexibility index (Phi) is 7.05. The van der Waals surface area contributed by atoms with Crippen LogP contribution in [-0.2, 0) is 11.2 Å². The van der Waals surface area contributed by atoms with Crippen LogP contribution in [0.1, 0.15) is 28.2 Å². The van der Waals surface area contributed by atoms with Gasteiger partial charge in [-0.1, -0.05) is 24.3 Å². The molecule has 0 spiro atoms. The lowest BCUT2D eigenvalue weighted by molar-refractivity contribution is -0.115. The molecule has 8 nitrogen and oxygen atoms in total. The molecule has 3 rings (SSSR count). The summed E-state index contributed by atoms with van der Waals surface area (Å²) >= 11 is 0. The summed E-state index contributed by atoms with van der Waals surface area (Å²) in [5.74, 6) is 0.380. The van der Waals surface area contributed by atoms with Crippen molar-refractivity contribution in [1.82, 2.24) is 25.3 Å². The van der Waals surface area contributed by atoms with Crippen LogP contribution in [0.5, 0.6) is 0 Å². The SMILES string of the molecule is Cc1cc(C)nc(NC(=NCCc2cnc[nH]2)NC(=O)/C=C/c2ccccc2C)n1. The largest absolute Gasteiger partial charge is 0.348 e. The van der Waals surface area contributed by atoms with E-state index in [9.17, 15) is 4.79 Å². The predicted molar refractivity (Wildman–Crippen MR) is 118 cm³/mol. The summed E-state index contributed by atoms with van der Waals surface area (Å²) in [6.45, 7) is 6.23. The number of imidazole rings is 1. The molecule has 3 aromatic rings. The minimum absolute atomic E-state index is 0.291. The summed E-state index contributed by atoms with van der Waals surface area (Å²) in [6, 6.07) is 9.74. The zero-order valence-electron chi connectivity index (χ0n) is 17.3. The summed E-state index contributed by atoms with van der Waals surface area (Å²) in [4.78, 5) is 32.7. The summed E-state index contributed by atoms with van der Waals surface area (Å²) in [7, 11) is 0. The van der Waals surface area contributed by atoms with Crippen LogP contribution >= 0.6 is 0 Å². The van der Waals surface area contributed by atoms with Crippen molar-refractivity contribution in [2.75, 3.05) is 11.9 Å². The van der Waals surface area contributed by atoms with Crippen molar-refractivity contribution in [1.29, 1.82) is 0 Å². The molecule has 0 saturated heterocycles. The van der Waals surface area contributed by atoms with Crippen molar-refractivity contribution in [2.24, 2.45) is 4.99 Å². The van der Waals surface area contributed by atoms with E-state index in [4.69, 9.17) is 0 Å². The van der Waals surface area contributed by atoms with Gasteiger partial charge in [0.05, 0.1) is 6.33 Å². The lowest BCUT2D eigenvalue weighted by Gasteiger charge is -2.10. The van der Waals surface area contributed by atoms with E-state index in [0.717, 1.165) is 28.2 Å². The van der Waals surface area contributed by atoms with Crippen LogP contribution in [0.3, 0.4) is 0 Å². The molecule has 0 aliphatic rings. The molecule has 2 heterocycles. The Labute approximate surface area is 175 Å². The quantitative estimate of drug-likeness (QED) is 0.333. The number of aromatic amines is 1. The topological polar surface area (TPSA) is 108 Å². The lowest BCUT2D eigenvalue weighted by Crippen LogP contribution is -2.36. The number of nitrogens with zero attached hydrogens (tertiary/aromatic N) is 4. The number of aromatic nitrogens is 4. The summed E-state index contributed by atoms with van der Waals surface area (Å²) in [5, 5.41) is 5.80. The van der Waals surface area contributed by atoms with E-state index < -0.39 is 0 Å². The Bertz CT molecular complexity index is 1030. The Morgan fingerprint density at radius 3 is 2.63 bits per heavy atom. The fourth-order valence-corrected chi connectivity index (χ4v) is 2.81. The highest BCUT2D eigenvalue weighted by atomic mass is 16.1. The average Bonchev–Trinajstić information content (AvgIpc) is 3.20. The molecule has 0 atom stereocenters. The van der Waals surface area contributed by atoms with Gasteiger partial charge in [0.25, 0.3) is 5.91 Å². The number of guanidine groups is 1. The van der Waals surface area contributed by atoms with Crippen molar-refractivity contribution in [3.8, 4) is 0 Å². The number of rotatable bonds is 6. The molecular formula is C22H25N7O. The maximum Gasteiger partial charge on any atom is 0.250 e. The first-order chi connectivity index (χ1) is 14.5. The third-order valence-corrected chi connectivity index (χ3v) is 4.26. The predicted octanol–water partition coefficient (Wildman–Crippen LogP) is 2.97. The number of hydrogen-bond donors (Lipinski definition) is 3. The van der Waals surface area contributed by atoms with Crippen molar-refractivity contribution in [3.63, 3.8) is 0 Å². The van der Waals surface area contributed by atoms with Gasteiger partial charge in [-0.15, -0.1) is 0 Å². The maximum absolute atomic E-state index is 12.5. The van der Waals surface area contributed by atoms with E-state index in [1.54, 1.807) is 18.6 Å². The van der Waals surface area contributed by atoms with Crippen molar-refractivity contribution in [2.45, 2.75) is 27.2 Å². The first-order valence-electron chi connectivity index (χ1n) is 9.65. The molecule has 0 radical (unpaired) electrons. The second-order valence-corrected chi connectivity index (χ2v) is 6.84. The van der Waals surface area contributed by atoms with Crippen LogP contribution in [0.15, 0.2) is 53.9 Å². The van der Waals surface area contributed by atoms with Gasteiger partial charge in [-0.2, -0.15) is 0 Å². The van der Waals surface area contributed by atoms with Crippen LogP contribution in [0, 0.1) is 20.8 Å². The number of benzene rings is 1. The van der Waals surface area contributed by atoms with Gasteiger partial charge in [0.1, 0.15) is 0 Å².